The SMILES string of the molecule is CCN1C(=O)C(N)[C@H](c2cccc(C(=O)O)c2)/C(=C/N)C1=Nc1ccccc1. The second-order valence-electron chi connectivity index (χ2n) is 6.41. The number of nitrogens with two attached hydrogens (primary N) is 2. The Morgan fingerprint density at radius 3 is 2.54 bits per heavy atom. The summed E-state index contributed by atoms with van der Waals surface area (Å²) in [5.41, 5.74) is 14.2. The number of carboxylic acids is 1. The van der Waals surface area contributed by atoms with Gasteiger partial charge in [-0.3, -0.25) is 9.69 Å². The zero-order chi connectivity index (χ0) is 20.3. The Kier molecular flexibility index (Phi) is 5.56. The molecule has 0 spiro atoms. The summed E-state index contributed by atoms with van der Waals surface area (Å²) in [6.07, 6.45) is 1.40. The number of carbonyl (C=O) groups is 2. The van der Waals surface area contributed by atoms with Gasteiger partial charge >= 0.3 is 5.97 Å². The van der Waals surface area contributed by atoms with Crippen LogP contribution in [0.25, 0.3) is 0 Å². The van der Waals surface area contributed by atoms with Crippen LogP contribution in [0.5, 0.6) is 0 Å². The first-order valence-corrected chi connectivity index (χ1v) is 8.94. The molecule has 0 bridgehead atoms. The third kappa shape index (κ3) is 3.52. The number of hydrogen-bond acceptors (Lipinski definition) is 5. The molecule has 2 aromatic rings. The van der Waals surface area contributed by atoms with E-state index in [-0.39, 0.29) is 11.5 Å². The number of para-hydroxylation sites is 1. The van der Waals surface area contributed by atoms with Crippen molar-refractivity contribution in [2.75, 3.05) is 6.54 Å². The second-order valence-corrected chi connectivity index (χ2v) is 6.41. The number of hydrogen-bond donors (Lipinski definition) is 3. The van der Waals surface area contributed by atoms with Gasteiger partial charge in [0.1, 0.15) is 5.84 Å². The maximum Gasteiger partial charge on any atom is 0.335 e. The maximum atomic E-state index is 13.0. The van der Waals surface area contributed by atoms with Crippen LogP contribution in [0.2, 0.25) is 0 Å². The molecule has 0 radical (unpaired) electrons. The molecule has 144 valence electrons. The molecule has 0 saturated carbocycles. The fourth-order valence-corrected chi connectivity index (χ4v) is 3.40. The monoisotopic (exact) mass is 378 g/mol. The largest absolute Gasteiger partial charge is 0.478 e. The van der Waals surface area contributed by atoms with Crippen molar-refractivity contribution in [3.63, 3.8) is 0 Å². The van der Waals surface area contributed by atoms with Gasteiger partial charge in [-0.25, -0.2) is 9.79 Å². The van der Waals surface area contributed by atoms with Crippen molar-refractivity contribution in [1.29, 1.82) is 0 Å². The molecule has 5 N–H and O–H groups in total. The minimum absolute atomic E-state index is 0.119. The van der Waals surface area contributed by atoms with Gasteiger partial charge in [0.15, 0.2) is 0 Å². The van der Waals surface area contributed by atoms with Crippen molar-refractivity contribution >= 4 is 23.4 Å². The van der Waals surface area contributed by atoms with Crippen LogP contribution in [0.4, 0.5) is 5.69 Å². The summed E-state index contributed by atoms with van der Waals surface area (Å²) in [6.45, 7) is 2.22. The number of likely N-dealkylation sites (N-methyl/N-ethyl adjacent to an activating group) is 1. The van der Waals surface area contributed by atoms with Crippen LogP contribution < -0.4 is 11.5 Å². The van der Waals surface area contributed by atoms with Gasteiger partial charge in [-0.05, 0) is 36.8 Å². The lowest BCUT2D eigenvalue weighted by Gasteiger charge is -2.38. The van der Waals surface area contributed by atoms with E-state index < -0.39 is 17.9 Å². The van der Waals surface area contributed by atoms with Crippen LogP contribution >= 0.6 is 0 Å². The summed E-state index contributed by atoms with van der Waals surface area (Å²) in [5, 5.41) is 9.31. The van der Waals surface area contributed by atoms with Gasteiger partial charge in [-0.2, -0.15) is 0 Å². The first-order chi connectivity index (χ1) is 13.5. The zero-order valence-corrected chi connectivity index (χ0v) is 15.4. The predicted molar refractivity (Wildman–Crippen MR) is 107 cm³/mol. The molecule has 1 fully saturated rings. The zero-order valence-electron chi connectivity index (χ0n) is 15.4. The number of amides is 1. The van der Waals surface area contributed by atoms with Crippen LogP contribution in [0, 0.1) is 0 Å². The standard InChI is InChI=1S/C21H22N4O3/c1-2-25-19(24-15-9-4-3-5-10-15)16(12-22)17(18(23)20(25)26)13-7-6-8-14(11-13)21(27)28/h3-12,17-18H,2,22-23H2,1H3,(H,27,28)/b16-12-,24-19?/t17-,18?/m1/s1. The number of likely N-dealkylation sites (tertiary alicyclic amines) is 1. The Morgan fingerprint density at radius 1 is 1.21 bits per heavy atom. The number of aromatic carboxylic acids is 1. The topological polar surface area (TPSA) is 122 Å². The molecule has 3 rings (SSSR count). The lowest BCUT2D eigenvalue weighted by Crippen LogP contribution is -2.56. The highest BCUT2D eigenvalue weighted by Crippen LogP contribution is 2.35. The van der Waals surface area contributed by atoms with Crippen molar-refractivity contribution < 1.29 is 14.7 Å². The van der Waals surface area contributed by atoms with E-state index in [0.717, 1.165) is 0 Å². The molecular formula is C21H22N4O3. The second kappa shape index (κ2) is 8.06. The normalized spacial score (nSPS) is 22.6. The van der Waals surface area contributed by atoms with Crippen LogP contribution in [0.15, 0.2) is 71.4 Å². The van der Waals surface area contributed by atoms with Gasteiger partial charge in [0.25, 0.3) is 0 Å². The minimum Gasteiger partial charge on any atom is -0.478 e. The summed E-state index contributed by atoms with van der Waals surface area (Å²) in [4.78, 5) is 30.5. The Morgan fingerprint density at radius 2 is 1.93 bits per heavy atom. The molecular weight excluding hydrogens is 356 g/mol. The Hall–Kier alpha value is -3.45. The number of piperidine rings is 1. The van der Waals surface area contributed by atoms with Gasteiger partial charge in [-0.1, -0.05) is 30.3 Å². The van der Waals surface area contributed by atoms with E-state index >= 15 is 0 Å². The first-order valence-electron chi connectivity index (χ1n) is 8.94. The van der Waals surface area contributed by atoms with Crippen LogP contribution in [-0.2, 0) is 4.79 Å². The molecule has 28 heavy (non-hydrogen) atoms. The van der Waals surface area contributed by atoms with E-state index in [4.69, 9.17) is 11.5 Å². The molecule has 7 nitrogen and oxygen atoms in total. The van der Waals surface area contributed by atoms with Gasteiger partial charge in [0.05, 0.1) is 17.3 Å². The van der Waals surface area contributed by atoms with Gasteiger partial charge in [0.2, 0.25) is 5.91 Å². The molecule has 1 aliphatic heterocycles. The quantitative estimate of drug-likeness (QED) is 0.753. The smallest absolute Gasteiger partial charge is 0.335 e. The molecule has 2 aromatic carbocycles. The van der Waals surface area contributed by atoms with Crippen molar-refractivity contribution in [1.82, 2.24) is 4.90 Å². The van der Waals surface area contributed by atoms with E-state index in [0.29, 0.717) is 29.2 Å². The Bertz CT molecular complexity index is 953. The van der Waals surface area contributed by atoms with Gasteiger partial charge in [0, 0.05) is 24.2 Å². The first kappa shape index (κ1) is 19.3. The van der Waals surface area contributed by atoms with Gasteiger partial charge in [-0.15, -0.1) is 0 Å². The van der Waals surface area contributed by atoms with E-state index in [9.17, 15) is 14.7 Å². The van der Waals surface area contributed by atoms with Crippen molar-refractivity contribution in [3.05, 3.63) is 77.5 Å². The van der Waals surface area contributed by atoms with E-state index in [1.54, 1.807) is 12.1 Å². The lowest BCUT2D eigenvalue weighted by molar-refractivity contribution is -0.129. The Balaban J connectivity index is 2.15. The third-order valence-electron chi connectivity index (χ3n) is 4.74. The van der Waals surface area contributed by atoms with Crippen molar-refractivity contribution in [2.24, 2.45) is 16.5 Å². The van der Waals surface area contributed by atoms with Crippen LogP contribution in [0.3, 0.4) is 0 Å². The maximum absolute atomic E-state index is 13.0. The minimum atomic E-state index is -1.05. The summed E-state index contributed by atoms with van der Waals surface area (Å²) in [5.74, 6) is -1.51. The average molecular weight is 378 g/mol. The van der Waals surface area contributed by atoms with Crippen LogP contribution in [0.1, 0.15) is 28.8 Å². The number of amidine groups is 1. The molecule has 2 atom stereocenters. The fourth-order valence-electron chi connectivity index (χ4n) is 3.40. The number of carboxylic acid groups (broad SMARTS) is 1. The number of nitrogens with zero attached hydrogens (tertiary/aromatic N) is 2. The fraction of sp³-hybridized carbons (Fsp3) is 0.190. The molecule has 1 heterocycles. The highest BCUT2D eigenvalue weighted by molar-refractivity contribution is 6.14. The number of aliphatic imine (C=N–C) groups is 1. The number of carbonyl (C=O) groups excluding carboxylic acids is 1. The molecule has 1 unspecified atom stereocenters. The highest BCUT2D eigenvalue weighted by atomic mass is 16.4. The number of rotatable bonds is 4. The summed E-state index contributed by atoms with van der Waals surface area (Å²) < 4.78 is 0. The van der Waals surface area contributed by atoms with Crippen LogP contribution in [-0.4, -0.2) is 40.3 Å². The van der Waals surface area contributed by atoms with Gasteiger partial charge < -0.3 is 16.6 Å². The molecule has 0 aromatic heterocycles. The van der Waals surface area contributed by atoms with Crippen molar-refractivity contribution in [2.45, 2.75) is 18.9 Å². The highest BCUT2D eigenvalue weighted by Gasteiger charge is 2.42. The summed E-state index contributed by atoms with van der Waals surface area (Å²) in [7, 11) is 0. The van der Waals surface area contributed by atoms with E-state index in [2.05, 4.69) is 4.99 Å². The molecule has 1 saturated heterocycles. The third-order valence-corrected chi connectivity index (χ3v) is 4.74. The molecule has 1 aliphatic rings. The summed E-state index contributed by atoms with van der Waals surface area (Å²) >= 11 is 0. The molecule has 1 amide bonds. The van der Waals surface area contributed by atoms with E-state index in [1.807, 2.05) is 37.3 Å². The lowest BCUT2D eigenvalue weighted by atomic mass is 9.80. The molecule has 7 heteroatoms. The average Bonchev–Trinajstić information content (AvgIpc) is 2.71. The number of benzene rings is 2. The molecule has 0 aliphatic carbocycles. The van der Waals surface area contributed by atoms with E-state index in [1.165, 1.54) is 23.2 Å². The summed E-state index contributed by atoms with van der Waals surface area (Å²) in [6, 6.07) is 14.7. The Labute approximate surface area is 163 Å². The van der Waals surface area contributed by atoms with Crippen molar-refractivity contribution in [3.8, 4) is 0 Å². The predicted octanol–water partition coefficient (Wildman–Crippen LogP) is 2.23.